The summed E-state index contributed by atoms with van der Waals surface area (Å²) in [7, 11) is 0. The minimum absolute atomic E-state index is 0. The Labute approximate surface area is 197 Å². The van der Waals surface area contributed by atoms with E-state index in [-0.39, 0.29) is 29.9 Å². The average Bonchev–Trinajstić information content (AvgIpc) is 3.07. The maximum absolute atomic E-state index is 12.7. The molecule has 6 heteroatoms. The fraction of sp³-hybridized carbons (Fsp3) is 0.680. The monoisotopic (exact) mass is 461 g/mol. The molecule has 170 valence electrons. The van der Waals surface area contributed by atoms with E-state index in [1.54, 1.807) is 0 Å². The van der Waals surface area contributed by atoms with Crippen LogP contribution < -0.4 is 5.32 Å². The third kappa shape index (κ3) is 4.78. The summed E-state index contributed by atoms with van der Waals surface area (Å²) in [5.74, 6) is 3.84. The van der Waals surface area contributed by atoms with Gasteiger partial charge in [-0.25, -0.2) is 0 Å². The lowest BCUT2D eigenvalue weighted by atomic mass is 9.53. The van der Waals surface area contributed by atoms with Crippen molar-refractivity contribution in [1.82, 2.24) is 4.90 Å². The molecule has 1 saturated heterocycles. The standard InChI is InChI=1S/C25H35N3OS.ClH/c1-3-17-5-7-21(8-6-17)26-23(29)12-22-16-30-24(28(22)4-2)27-25-13-18-9-19(14-25)11-20(10-18)15-25;/h5-8,18-20,22H,3-4,9-16H2,1-2H3,(H,26,29);1H. The Morgan fingerprint density at radius 3 is 2.26 bits per heavy atom. The van der Waals surface area contributed by atoms with E-state index in [0.29, 0.717) is 6.42 Å². The largest absolute Gasteiger partial charge is 0.347 e. The number of hydrogen-bond donors (Lipinski definition) is 1. The number of nitrogens with one attached hydrogen (secondary N) is 1. The molecule has 1 atom stereocenters. The van der Waals surface area contributed by atoms with Crippen molar-refractivity contribution in [1.29, 1.82) is 0 Å². The van der Waals surface area contributed by atoms with Crippen LogP contribution in [-0.2, 0) is 11.2 Å². The van der Waals surface area contributed by atoms with Gasteiger partial charge in [0.05, 0.1) is 5.54 Å². The predicted octanol–water partition coefficient (Wildman–Crippen LogP) is 5.76. The molecule has 1 unspecified atom stereocenters. The molecular formula is C25H36ClN3OS. The number of hydrogen-bond acceptors (Lipinski definition) is 3. The first-order valence-corrected chi connectivity index (χ1v) is 12.9. The van der Waals surface area contributed by atoms with Crippen LogP contribution in [0.3, 0.4) is 0 Å². The number of carbonyl (C=O) groups is 1. The summed E-state index contributed by atoms with van der Waals surface area (Å²) >= 11 is 1.88. The van der Waals surface area contributed by atoms with Crippen LogP contribution in [0.1, 0.15) is 64.4 Å². The third-order valence-corrected chi connectivity index (χ3v) is 8.97. The summed E-state index contributed by atoms with van der Waals surface area (Å²) in [5, 5.41) is 4.30. The summed E-state index contributed by atoms with van der Waals surface area (Å²) in [4.78, 5) is 20.6. The number of halogens is 1. The number of rotatable bonds is 6. The number of carbonyl (C=O) groups excluding carboxylic acids is 1. The van der Waals surface area contributed by atoms with Crippen molar-refractivity contribution < 1.29 is 4.79 Å². The van der Waals surface area contributed by atoms with Gasteiger partial charge in [0, 0.05) is 30.4 Å². The zero-order chi connectivity index (χ0) is 20.7. The molecule has 4 saturated carbocycles. The van der Waals surface area contributed by atoms with Gasteiger partial charge in [-0.1, -0.05) is 30.8 Å². The number of thioether (sulfide) groups is 1. The molecule has 5 fully saturated rings. The summed E-state index contributed by atoms with van der Waals surface area (Å²) in [6.45, 7) is 5.28. The van der Waals surface area contributed by atoms with Crippen LogP contribution in [0.25, 0.3) is 0 Å². The Hall–Kier alpha value is -1.20. The van der Waals surface area contributed by atoms with Gasteiger partial charge in [-0.2, -0.15) is 0 Å². The number of nitrogens with zero attached hydrogens (tertiary/aromatic N) is 2. The molecule has 1 heterocycles. The molecule has 6 rings (SSSR count). The van der Waals surface area contributed by atoms with Crippen LogP contribution >= 0.6 is 24.2 Å². The van der Waals surface area contributed by atoms with Crippen molar-refractivity contribution in [2.24, 2.45) is 22.7 Å². The maximum Gasteiger partial charge on any atom is 0.226 e. The van der Waals surface area contributed by atoms with E-state index in [2.05, 4.69) is 36.2 Å². The lowest BCUT2D eigenvalue weighted by molar-refractivity contribution is -0.116. The van der Waals surface area contributed by atoms with E-state index >= 15 is 0 Å². The van der Waals surface area contributed by atoms with Crippen molar-refractivity contribution in [2.45, 2.75) is 76.8 Å². The Morgan fingerprint density at radius 1 is 1.10 bits per heavy atom. The van der Waals surface area contributed by atoms with Crippen LogP contribution in [0, 0.1) is 17.8 Å². The molecule has 4 nitrogen and oxygen atoms in total. The van der Waals surface area contributed by atoms with Crippen LogP contribution in [0.2, 0.25) is 0 Å². The van der Waals surface area contributed by atoms with Gasteiger partial charge in [0.2, 0.25) is 5.91 Å². The molecule has 1 amide bonds. The molecule has 0 aromatic heterocycles. The molecule has 1 aromatic carbocycles. The topological polar surface area (TPSA) is 44.7 Å². The van der Waals surface area contributed by atoms with Gasteiger partial charge in [0.15, 0.2) is 5.17 Å². The number of aryl methyl sites for hydroxylation is 1. The molecule has 1 aromatic rings. The third-order valence-electron chi connectivity index (χ3n) is 7.84. The molecule has 5 aliphatic rings. The normalized spacial score (nSPS) is 34.8. The highest BCUT2D eigenvalue weighted by Gasteiger charge is 2.51. The number of anilines is 1. The first-order chi connectivity index (χ1) is 14.6. The van der Waals surface area contributed by atoms with Gasteiger partial charge >= 0.3 is 0 Å². The smallest absolute Gasteiger partial charge is 0.226 e. The quantitative estimate of drug-likeness (QED) is 0.585. The summed E-state index contributed by atoms with van der Waals surface area (Å²) in [6.07, 6.45) is 9.84. The molecule has 4 bridgehead atoms. The van der Waals surface area contributed by atoms with Gasteiger partial charge < -0.3 is 10.2 Å². The van der Waals surface area contributed by atoms with E-state index in [4.69, 9.17) is 4.99 Å². The molecule has 4 aliphatic carbocycles. The van der Waals surface area contributed by atoms with Gasteiger partial charge in [0.1, 0.15) is 0 Å². The zero-order valence-corrected chi connectivity index (χ0v) is 20.4. The van der Waals surface area contributed by atoms with Crippen LogP contribution in [0.4, 0.5) is 5.69 Å². The molecule has 0 radical (unpaired) electrons. The lowest BCUT2D eigenvalue weighted by Gasteiger charge is -2.55. The van der Waals surface area contributed by atoms with Crippen molar-refractivity contribution in [2.75, 3.05) is 17.6 Å². The predicted molar refractivity (Wildman–Crippen MR) is 133 cm³/mol. The molecule has 1 aliphatic heterocycles. The molecule has 31 heavy (non-hydrogen) atoms. The highest BCUT2D eigenvalue weighted by molar-refractivity contribution is 8.14. The van der Waals surface area contributed by atoms with Gasteiger partial charge in [-0.3, -0.25) is 9.79 Å². The van der Waals surface area contributed by atoms with Crippen molar-refractivity contribution in [3.63, 3.8) is 0 Å². The number of amidine groups is 1. The highest BCUT2D eigenvalue weighted by Crippen LogP contribution is 2.57. The van der Waals surface area contributed by atoms with Gasteiger partial charge in [-0.15, -0.1) is 12.4 Å². The average molecular weight is 462 g/mol. The SMILES string of the molecule is CCc1ccc(NC(=O)CC2CSC(=NC34CC5CC(CC(C5)C3)C4)N2CC)cc1.Cl. The van der Waals surface area contributed by atoms with Crippen LogP contribution in [-0.4, -0.2) is 39.9 Å². The van der Waals surface area contributed by atoms with Gasteiger partial charge in [0.25, 0.3) is 0 Å². The second-order valence-electron chi connectivity index (χ2n) is 10.1. The van der Waals surface area contributed by atoms with Crippen molar-refractivity contribution in [3.8, 4) is 0 Å². The zero-order valence-electron chi connectivity index (χ0n) is 18.8. The first kappa shape index (κ1) is 23.0. The van der Waals surface area contributed by atoms with E-state index < -0.39 is 0 Å². The Balaban J connectivity index is 0.00000231. The van der Waals surface area contributed by atoms with E-state index in [1.165, 1.54) is 49.3 Å². The summed E-state index contributed by atoms with van der Waals surface area (Å²) in [5.41, 5.74) is 2.40. The fourth-order valence-corrected chi connectivity index (χ4v) is 8.15. The van der Waals surface area contributed by atoms with Crippen molar-refractivity contribution >= 4 is 40.9 Å². The first-order valence-electron chi connectivity index (χ1n) is 11.9. The Kier molecular flexibility index (Phi) is 6.93. The van der Waals surface area contributed by atoms with E-state index in [0.717, 1.165) is 42.2 Å². The maximum atomic E-state index is 12.7. The molecular weight excluding hydrogens is 426 g/mol. The molecule has 0 spiro atoms. The number of benzene rings is 1. The number of amides is 1. The molecule has 1 N–H and O–H groups in total. The number of aliphatic imine (C=N–C) groups is 1. The second kappa shape index (κ2) is 9.35. The van der Waals surface area contributed by atoms with E-state index in [9.17, 15) is 4.79 Å². The minimum Gasteiger partial charge on any atom is -0.347 e. The van der Waals surface area contributed by atoms with Crippen molar-refractivity contribution in [3.05, 3.63) is 29.8 Å². The fourth-order valence-electron chi connectivity index (χ4n) is 6.81. The summed E-state index contributed by atoms with van der Waals surface area (Å²) in [6, 6.07) is 8.46. The van der Waals surface area contributed by atoms with Gasteiger partial charge in [-0.05, 0) is 87.3 Å². The van der Waals surface area contributed by atoms with Crippen LogP contribution in [0.15, 0.2) is 29.3 Å². The summed E-state index contributed by atoms with van der Waals surface area (Å²) < 4.78 is 0. The Morgan fingerprint density at radius 2 is 1.71 bits per heavy atom. The second-order valence-corrected chi connectivity index (χ2v) is 11.1. The lowest BCUT2D eigenvalue weighted by Crippen LogP contribution is -2.50. The minimum atomic E-state index is 0. The Bertz CT molecular complexity index is 789. The van der Waals surface area contributed by atoms with Crippen LogP contribution in [0.5, 0.6) is 0 Å². The van der Waals surface area contributed by atoms with E-state index in [1.807, 2.05) is 23.9 Å². The highest BCUT2D eigenvalue weighted by atomic mass is 35.5.